The van der Waals surface area contributed by atoms with E-state index in [-0.39, 0.29) is 10.7 Å². The minimum absolute atomic E-state index is 0.135. The molecule has 1 rings (SSSR count). The van der Waals surface area contributed by atoms with Crippen molar-refractivity contribution in [1.82, 2.24) is 0 Å². The van der Waals surface area contributed by atoms with E-state index in [9.17, 15) is 9.18 Å². The van der Waals surface area contributed by atoms with Crippen molar-refractivity contribution in [1.29, 1.82) is 0 Å². The number of nitrogens with two attached hydrogens (primary N) is 1. The molecule has 0 aliphatic carbocycles. The summed E-state index contributed by atoms with van der Waals surface area (Å²) in [5.74, 6) is -2.42. The normalized spacial score (nSPS) is 9.83. The molecule has 0 aliphatic rings. The molecule has 0 saturated heterocycles. The lowest BCUT2D eigenvalue weighted by atomic mass is 10.2. The number of benzene rings is 1. The van der Waals surface area contributed by atoms with Crippen LogP contribution < -0.4 is 5.73 Å². The van der Waals surface area contributed by atoms with Crippen LogP contribution >= 0.6 is 11.6 Å². The molecule has 0 saturated carbocycles. The Labute approximate surface area is 72.6 Å². The predicted octanol–water partition coefficient (Wildman–Crippen LogP) is 1.76. The van der Waals surface area contributed by atoms with Crippen molar-refractivity contribution in [2.75, 3.05) is 5.73 Å². The molecule has 3 N–H and O–H groups in total. The Morgan fingerprint density at radius 1 is 1.58 bits per heavy atom. The first kappa shape index (κ1) is 8.80. The van der Waals surface area contributed by atoms with Gasteiger partial charge in [0.15, 0.2) is 5.82 Å². The van der Waals surface area contributed by atoms with E-state index in [2.05, 4.69) is 0 Å². The maximum absolute atomic E-state index is 12.9. The van der Waals surface area contributed by atoms with E-state index < -0.39 is 17.3 Å². The van der Waals surface area contributed by atoms with Crippen LogP contribution in [-0.2, 0) is 0 Å². The molecule has 5 heteroatoms. The third-order valence-corrected chi connectivity index (χ3v) is 1.63. The van der Waals surface area contributed by atoms with Gasteiger partial charge in [-0.05, 0) is 12.1 Å². The molecule has 0 unspecified atom stereocenters. The van der Waals surface area contributed by atoms with Crippen LogP contribution in [0.2, 0.25) is 5.02 Å². The van der Waals surface area contributed by atoms with E-state index in [4.69, 9.17) is 22.4 Å². The van der Waals surface area contributed by atoms with Gasteiger partial charge in [-0.1, -0.05) is 11.6 Å². The number of carbonyl (C=O) groups is 1. The summed E-state index contributed by atoms with van der Waals surface area (Å²) >= 11 is 5.34. The van der Waals surface area contributed by atoms with Crippen LogP contribution in [0.15, 0.2) is 12.1 Å². The zero-order valence-electron chi connectivity index (χ0n) is 5.84. The number of carboxylic acids is 1. The van der Waals surface area contributed by atoms with Crippen molar-refractivity contribution in [3.05, 3.63) is 28.5 Å². The third kappa shape index (κ3) is 1.33. The first-order chi connectivity index (χ1) is 5.54. The summed E-state index contributed by atoms with van der Waals surface area (Å²) in [7, 11) is 0. The lowest BCUT2D eigenvalue weighted by Gasteiger charge is -2.02. The number of nitrogen functional groups attached to an aromatic ring is 1. The Kier molecular flexibility index (Phi) is 2.19. The first-order valence-electron chi connectivity index (χ1n) is 3.01. The molecule has 0 spiro atoms. The van der Waals surface area contributed by atoms with Crippen LogP contribution in [0.1, 0.15) is 10.4 Å². The van der Waals surface area contributed by atoms with Crippen LogP contribution in [0.4, 0.5) is 10.1 Å². The van der Waals surface area contributed by atoms with Crippen LogP contribution in [0.25, 0.3) is 0 Å². The fourth-order valence-electron chi connectivity index (χ4n) is 0.783. The minimum atomic E-state index is -1.42. The largest absolute Gasteiger partial charge is 0.478 e. The van der Waals surface area contributed by atoms with Gasteiger partial charge in [-0.15, -0.1) is 0 Å². The highest BCUT2D eigenvalue weighted by atomic mass is 35.5. The van der Waals surface area contributed by atoms with E-state index in [1.807, 2.05) is 0 Å². The highest BCUT2D eigenvalue weighted by molar-refractivity contribution is 6.31. The Morgan fingerprint density at radius 3 is 2.58 bits per heavy atom. The van der Waals surface area contributed by atoms with E-state index in [0.29, 0.717) is 0 Å². The quantitative estimate of drug-likeness (QED) is 0.662. The molecular formula is C7H5ClFNO2. The van der Waals surface area contributed by atoms with Gasteiger partial charge >= 0.3 is 5.97 Å². The molecule has 0 fully saturated rings. The van der Waals surface area contributed by atoms with Gasteiger partial charge in [0.1, 0.15) is 5.56 Å². The summed E-state index contributed by atoms with van der Waals surface area (Å²) in [6.07, 6.45) is 0. The SMILES string of the molecule is Nc1ccc(Cl)c(F)c1C(=O)O. The van der Waals surface area contributed by atoms with E-state index >= 15 is 0 Å². The van der Waals surface area contributed by atoms with Crippen molar-refractivity contribution in [3.63, 3.8) is 0 Å². The summed E-state index contributed by atoms with van der Waals surface area (Å²) in [4.78, 5) is 10.4. The van der Waals surface area contributed by atoms with Crippen LogP contribution in [0.3, 0.4) is 0 Å². The van der Waals surface area contributed by atoms with Gasteiger partial charge in [-0.2, -0.15) is 0 Å². The molecule has 0 amide bonds. The Balaban J connectivity index is 3.43. The second-order valence-corrected chi connectivity index (χ2v) is 2.54. The highest BCUT2D eigenvalue weighted by Gasteiger charge is 2.16. The molecule has 12 heavy (non-hydrogen) atoms. The van der Waals surface area contributed by atoms with E-state index in [1.54, 1.807) is 0 Å². The molecule has 1 aromatic carbocycles. The zero-order chi connectivity index (χ0) is 9.30. The van der Waals surface area contributed by atoms with Crippen LogP contribution in [0.5, 0.6) is 0 Å². The van der Waals surface area contributed by atoms with Gasteiger partial charge in [0.2, 0.25) is 0 Å². The molecule has 0 aromatic heterocycles. The molecule has 0 heterocycles. The van der Waals surface area contributed by atoms with Crippen LogP contribution in [0, 0.1) is 5.82 Å². The Bertz CT molecular complexity index is 340. The molecule has 0 radical (unpaired) electrons. The van der Waals surface area contributed by atoms with Gasteiger partial charge in [0, 0.05) is 5.69 Å². The predicted molar refractivity (Wildman–Crippen MR) is 42.8 cm³/mol. The van der Waals surface area contributed by atoms with Gasteiger partial charge in [0.05, 0.1) is 5.02 Å². The van der Waals surface area contributed by atoms with Gasteiger partial charge in [0.25, 0.3) is 0 Å². The van der Waals surface area contributed by atoms with E-state index in [0.717, 1.165) is 0 Å². The van der Waals surface area contributed by atoms with Crippen molar-refractivity contribution in [3.8, 4) is 0 Å². The number of anilines is 1. The summed E-state index contributed by atoms with van der Waals surface area (Å²) in [5, 5.41) is 8.24. The summed E-state index contributed by atoms with van der Waals surface area (Å²) < 4.78 is 12.9. The fraction of sp³-hybridized carbons (Fsp3) is 0. The topological polar surface area (TPSA) is 63.3 Å². The summed E-state index contributed by atoms with van der Waals surface area (Å²) in [5.41, 5.74) is 4.50. The van der Waals surface area contributed by atoms with Crippen LogP contribution in [-0.4, -0.2) is 11.1 Å². The van der Waals surface area contributed by atoms with E-state index in [1.165, 1.54) is 12.1 Å². The molecule has 0 aliphatic heterocycles. The first-order valence-corrected chi connectivity index (χ1v) is 3.38. The smallest absolute Gasteiger partial charge is 0.340 e. The van der Waals surface area contributed by atoms with Gasteiger partial charge < -0.3 is 10.8 Å². The standard InChI is InChI=1S/C7H5ClFNO2/c8-3-1-2-4(10)5(6(3)9)7(11)12/h1-2H,10H2,(H,11,12). The number of carboxylic acid groups (broad SMARTS) is 1. The molecule has 64 valence electrons. The lowest BCUT2D eigenvalue weighted by molar-refractivity contribution is 0.0693. The minimum Gasteiger partial charge on any atom is -0.478 e. The average molecular weight is 190 g/mol. The Morgan fingerprint density at radius 2 is 2.17 bits per heavy atom. The second kappa shape index (κ2) is 2.98. The summed E-state index contributed by atoms with van der Waals surface area (Å²) in [6.45, 7) is 0. The van der Waals surface area contributed by atoms with Gasteiger partial charge in [-0.25, -0.2) is 9.18 Å². The van der Waals surface area contributed by atoms with Crippen molar-refractivity contribution < 1.29 is 14.3 Å². The maximum atomic E-state index is 12.9. The molecule has 3 nitrogen and oxygen atoms in total. The number of halogens is 2. The molecule has 0 bridgehead atoms. The third-order valence-electron chi connectivity index (χ3n) is 1.34. The van der Waals surface area contributed by atoms with Crippen molar-refractivity contribution >= 4 is 23.3 Å². The lowest BCUT2D eigenvalue weighted by Crippen LogP contribution is -2.05. The maximum Gasteiger partial charge on any atom is 0.340 e. The molecule has 1 aromatic rings. The number of aromatic carboxylic acids is 1. The van der Waals surface area contributed by atoms with Crippen molar-refractivity contribution in [2.45, 2.75) is 0 Å². The zero-order valence-corrected chi connectivity index (χ0v) is 6.60. The monoisotopic (exact) mass is 189 g/mol. The van der Waals surface area contributed by atoms with Crippen molar-refractivity contribution in [2.24, 2.45) is 0 Å². The fourth-order valence-corrected chi connectivity index (χ4v) is 0.940. The number of hydrogen-bond acceptors (Lipinski definition) is 2. The number of rotatable bonds is 1. The molecule has 0 atom stereocenters. The summed E-state index contributed by atoms with van der Waals surface area (Å²) in [6, 6.07) is 2.45. The molecular weight excluding hydrogens is 185 g/mol. The average Bonchev–Trinajstić information content (AvgIpc) is 1.97. The Hall–Kier alpha value is -1.29. The highest BCUT2D eigenvalue weighted by Crippen LogP contribution is 2.23. The van der Waals surface area contributed by atoms with Gasteiger partial charge in [-0.3, -0.25) is 0 Å². The second-order valence-electron chi connectivity index (χ2n) is 2.13. The number of hydrogen-bond donors (Lipinski definition) is 2.